The maximum Gasteiger partial charge on any atom is 0.222 e. The van der Waals surface area contributed by atoms with Gasteiger partial charge in [0.2, 0.25) is 5.71 Å². The van der Waals surface area contributed by atoms with Crippen molar-refractivity contribution in [2.45, 2.75) is 6.92 Å². The second kappa shape index (κ2) is 5.42. The Balaban J connectivity index is 2.94. The SMILES string of the molecule is CC(O)=C(C=C1C=CC(=[N+]([O-])[O-])C=C1)CCl. The van der Waals surface area contributed by atoms with Crippen molar-refractivity contribution in [2.24, 2.45) is 0 Å². The Hall–Kier alpha value is -1.68. The molecule has 1 rings (SSSR count). The third-order valence-electron chi connectivity index (χ3n) is 2.05. The quantitative estimate of drug-likeness (QED) is 0.349. The van der Waals surface area contributed by atoms with E-state index in [1.807, 2.05) is 0 Å². The largest absolute Gasteiger partial charge is 0.612 e. The third kappa shape index (κ3) is 3.17. The molecule has 0 heterocycles. The topological polar surface area (TPSA) is 69.4 Å². The van der Waals surface area contributed by atoms with Gasteiger partial charge in [-0.05, 0) is 30.7 Å². The zero-order valence-corrected chi connectivity index (χ0v) is 9.44. The van der Waals surface area contributed by atoms with Gasteiger partial charge in [0.15, 0.2) is 0 Å². The molecule has 86 valence electrons. The number of allylic oxidation sites excluding steroid dienone is 8. The Kier molecular flexibility index (Phi) is 4.19. The minimum atomic E-state index is -0.459. The zero-order chi connectivity index (χ0) is 12.1. The van der Waals surface area contributed by atoms with Gasteiger partial charge in [0.1, 0.15) is 0 Å². The number of aliphatic hydroxyl groups excluding tert-OH is 1. The molecule has 4 nitrogen and oxygen atoms in total. The number of alkyl halides is 1. The van der Waals surface area contributed by atoms with Crippen LogP contribution in [0.2, 0.25) is 0 Å². The van der Waals surface area contributed by atoms with Crippen LogP contribution in [0.25, 0.3) is 0 Å². The van der Waals surface area contributed by atoms with E-state index in [1.165, 1.54) is 12.2 Å². The Labute approximate surface area is 98.3 Å². The van der Waals surface area contributed by atoms with Crippen LogP contribution in [0.4, 0.5) is 0 Å². The monoisotopic (exact) mass is 240 g/mol. The van der Waals surface area contributed by atoms with Crippen molar-refractivity contribution in [1.82, 2.24) is 0 Å². The number of hydrogen-bond donors (Lipinski definition) is 1. The van der Waals surface area contributed by atoms with Crippen molar-refractivity contribution in [3.8, 4) is 0 Å². The van der Waals surface area contributed by atoms with Gasteiger partial charge in [-0.2, -0.15) is 4.90 Å². The number of halogens is 1. The molecule has 0 aromatic heterocycles. The molecular formula is C11H11ClNO3-. The van der Waals surface area contributed by atoms with Crippen molar-refractivity contribution in [3.63, 3.8) is 0 Å². The fourth-order valence-electron chi connectivity index (χ4n) is 1.13. The lowest BCUT2D eigenvalue weighted by Gasteiger charge is -2.08. The van der Waals surface area contributed by atoms with Crippen LogP contribution in [0.15, 0.2) is 47.3 Å². The van der Waals surface area contributed by atoms with Crippen LogP contribution < -0.4 is 0 Å². The molecule has 0 bridgehead atoms. The summed E-state index contributed by atoms with van der Waals surface area (Å²) in [7, 11) is 0. The predicted molar refractivity (Wildman–Crippen MR) is 64.4 cm³/mol. The lowest BCUT2D eigenvalue weighted by Crippen LogP contribution is -2.06. The number of aliphatic hydroxyl groups is 1. The van der Waals surface area contributed by atoms with E-state index in [0.29, 0.717) is 5.57 Å². The van der Waals surface area contributed by atoms with Crippen LogP contribution in [-0.2, 0) is 0 Å². The van der Waals surface area contributed by atoms with Gasteiger partial charge in [-0.25, -0.2) is 0 Å². The lowest BCUT2D eigenvalue weighted by molar-refractivity contribution is -0.377. The highest BCUT2D eigenvalue weighted by Gasteiger charge is 2.04. The first kappa shape index (κ1) is 12.4. The maximum absolute atomic E-state index is 10.4. The molecule has 16 heavy (non-hydrogen) atoms. The Bertz CT molecular complexity index is 405. The van der Waals surface area contributed by atoms with Crippen LogP contribution in [0.1, 0.15) is 6.92 Å². The molecule has 0 saturated carbocycles. The van der Waals surface area contributed by atoms with Gasteiger partial charge >= 0.3 is 0 Å². The van der Waals surface area contributed by atoms with Gasteiger partial charge in [0.25, 0.3) is 0 Å². The summed E-state index contributed by atoms with van der Waals surface area (Å²) < 4.78 is 0. The summed E-state index contributed by atoms with van der Waals surface area (Å²) in [4.78, 5) is -0.459. The maximum atomic E-state index is 10.4. The molecule has 0 unspecified atom stereocenters. The molecule has 0 spiro atoms. The van der Waals surface area contributed by atoms with Gasteiger partial charge < -0.3 is 15.5 Å². The average Bonchev–Trinajstić information content (AvgIpc) is 2.26. The van der Waals surface area contributed by atoms with Crippen LogP contribution in [0.5, 0.6) is 0 Å². The highest BCUT2D eigenvalue weighted by molar-refractivity contribution is 6.19. The second-order valence-electron chi connectivity index (χ2n) is 3.24. The number of rotatable bonds is 2. The fourth-order valence-corrected chi connectivity index (χ4v) is 1.40. The molecule has 0 aliphatic heterocycles. The highest BCUT2D eigenvalue weighted by Crippen LogP contribution is 2.13. The first-order valence-corrected chi connectivity index (χ1v) is 5.12. The van der Waals surface area contributed by atoms with Crippen molar-refractivity contribution in [2.75, 3.05) is 5.88 Å². The molecular weight excluding hydrogens is 230 g/mol. The summed E-state index contributed by atoms with van der Waals surface area (Å²) in [6.07, 6.45) is 7.71. The van der Waals surface area contributed by atoms with Crippen molar-refractivity contribution >= 4 is 17.3 Å². The van der Waals surface area contributed by atoms with Crippen LogP contribution >= 0.6 is 11.6 Å². The molecule has 0 aromatic carbocycles. The van der Waals surface area contributed by atoms with Gasteiger partial charge in [0.05, 0.1) is 11.6 Å². The predicted octanol–water partition coefficient (Wildman–Crippen LogP) is 2.56. The van der Waals surface area contributed by atoms with E-state index in [-0.39, 0.29) is 17.4 Å². The Morgan fingerprint density at radius 1 is 1.38 bits per heavy atom. The minimum Gasteiger partial charge on any atom is -0.612 e. The molecule has 0 saturated heterocycles. The molecule has 1 aliphatic rings. The van der Waals surface area contributed by atoms with Crippen LogP contribution in [0, 0.1) is 10.4 Å². The van der Waals surface area contributed by atoms with E-state index in [9.17, 15) is 15.5 Å². The highest BCUT2D eigenvalue weighted by atomic mass is 35.5. The standard InChI is InChI=1S/C11H11ClNO3/c1-8(14)10(7-12)6-9-2-4-11(5-3-9)13(15)16/h2-6H,7H2,1H3,(H-,14,15,16)/q-1. The fraction of sp³-hybridized carbons (Fsp3) is 0.182. The minimum absolute atomic E-state index is 0.0364. The van der Waals surface area contributed by atoms with Crippen molar-refractivity contribution in [3.05, 3.63) is 57.7 Å². The average molecular weight is 241 g/mol. The van der Waals surface area contributed by atoms with Gasteiger partial charge in [0, 0.05) is 17.7 Å². The molecule has 1 aliphatic carbocycles. The lowest BCUT2D eigenvalue weighted by atomic mass is 10.1. The summed E-state index contributed by atoms with van der Waals surface area (Å²) in [5.41, 5.74) is 1.39. The molecule has 1 N–H and O–H groups in total. The van der Waals surface area contributed by atoms with E-state index in [1.54, 1.807) is 25.2 Å². The van der Waals surface area contributed by atoms with E-state index >= 15 is 0 Å². The summed E-state index contributed by atoms with van der Waals surface area (Å²) in [5.74, 6) is 0.340. The Morgan fingerprint density at radius 3 is 2.31 bits per heavy atom. The van der Waals surface area contributed by atoms with Crippen LogP contribution in [0.3, 0.4) is 0 Å². The second-order valence-corrected chi connectivity index (χ2v) is 3.50. The van der Waals surface area contributed by atoms with E-state index < -0.39 is 4.90 Å². The smallest absolute Gasteiger partial charge is 0.222 e. The van der Waals surface area contributed by atoms with Crippen molar-refractivity contribution in [1.29, 1.82) is 0 Å². The van der Waals surface area contributed by atoms with Crippen LogP contribution in [-0.4, -0.2) is 21.6 Å². The van der Waals surface area contributed by atoms with E-state index in [2.05, 4.69) is 0 Å². The summed E-state index contributed by atoms with van der Waals surface area (Å²) in [6, 6.07) is 0. The van der Waals surface area contributed by atoms with Gasteiger partial charge in [-0.3, -0.25) is 0 Å². The molecule has 0 amide bonds. The molecule has 0 aromatic rings. The first-order valence-electron chi connectivity index (χ1n) is 4.58. The molecule has 5 heteroatoms. The third-order valence-corrected chi connectivity index (χ3v) is 2.34. The summed E-state index contributed by atoms with van der Waals surface area (Å²) in [6.45, 7) is 1.54. The zero-order valence-electron chi connectivity index (χ0n) is 8.68. The summed E-state index contributed by atoms with van der Waals surface area (Å²) in [5, 5.41) is 30.1. The normalized spacial score (nSPS) is 16.1. The molecule has 0 fully saturated rings. The Morgan fingerprint density at radius 2 is 1.94 bits per heavy atom. The number of nitrogens with zero attached hydrogens (tertiary/aromatic N) is 1. The van der Waals surface area contributed by atoms with E-state index in [0.717, 1.165) is 5.57 Å². The molecule has 0 radical (unpaired) electrons. The number of hydrogen-bond acceptors (Lipinski definition) is 3. The van der Waals surface area contributed by atoms with Gasteiger partial charge in [-0.15, -0.1) is 11.6 Å². The van der Waals surface area contributed by atoms with Gasteiger partial charge in [-0.1, -0.05) is 0 Å². The summed E-state index contributed by atoms with van der Waals surface area (Å²) >= 11 is 5.64. The van der Waals surface area contributed by atoms with Crippen molar-refractivity contribution < 1.29 is 10.0 Å². The van der Waals surface area contributed by atoms with E-state index in [4.69, 9.17) is 11.6 Å². The first-order chi connectivity index (χ1) is 7.54. The molecule has 0 atom stereocenters.